The van der Waals surface area contributed by atoms with Gasteiger partial charge in [0.1, 0.15) is 0 Å². The molecule has 2 aromatic rings. The van der Waals surface area contributed by atoms with Crippen LogP contribution >= 0.6 is 0 Å². The van der Waals surface area contributed by atoms with Gasteiger partial charge < -0.3 is 5.11 Å². The molecule has 102 valence electrons. The first-order valence-electron chi connectivity index (χ1n) is 6.92. The Hall–Kier alpha value is -1.61. The van der Waals surface area contributed by atoms with Crippen molar-refractivity contribution in [1.82, 2.24) is 9.78 Å². The molecule has 1 N–H and O–H groups in total. The summed E-state index contributed by atoms with van der Waals surface area (Å²) in [6, 6.07) is 8.00. The number of nitrogens with zero attached hydrogens (tertiary/aromatic N) is 2. The third kappa shape index (κ3) is 2.56. The molecule has 19 heavy (non-hydrogen) atoms. The summed E-state index contributed by atoms with van der Waals surface area (Å²) >= 11 is 0. The molecule has 0 bridgehead atoms. The predicted octanol–water partition coefficient (Wildman–Crippen LogP) is 3.49. The van der Waals surface area contributed by atoms with E-state index in [4.69, 9.17) is 0 Å². The zero-order chi connectivity index (χ0) is 14.0. The summed E-state index contributed by atoms with van der Waals surface area (Å²) in [5.41, 5.74) is 5.62. The molecule has 1 heterocycles. The van der Waals surface area contributed by atoms with Crippen LogP contribution in [0.5, 0.6) is 0 Å². The van der Waals surface area contributed by atoms with Crippen molar-refractivity contribution < 1.29 is 5.11 Å². The molecule has 2 rings (SSSR count). The van der Waals surface area contributed by atoms with Gasteiger partial charge in [0.25, 0.3) is 0 Å². The van der Waals surface area contributed by atoms with Crippen LogP contribution in [0.15, 0.2) is 24.3 Å². The van der Waals surface area contributed by atoms with E-state index in [9.17, 15) is 5.11 Å². The number of aliphatic hydroxyl groups excluding tert-OH is 1. The molecule has 1 atom stereocenters. The Morgan fingerprint density at radius 3 is 2.26 bits per heavy atom. The molecular formula is C16H22N2O. The van der Waals surface area contributed by atoms with Crippen molar-refractivity contribution in [2.45, 2.75) is 46.6 Å². The van der Waals surface area contributed by atoms with Crippen molar-refractivity contribution in [2.24, 2.45) is 0 Å². The molecule has 0 spiro atoms. The second kappa shape index (κ2) is 5.57. The molecule has 0 saturated carbocycles. The molecule has 0 radical (unpaired) electrons. The average molecular weight is 258 g/mol. The van der Waals surface area contributed by atoms with E-state index >= 15 is 0 Å². The monoisotopic (exact) mass is 258 g/mol. The smallest absolute Gasteiger partial charge is 0.0787 e. The number of benzene rings is 1. The van der Waals surface area contributed by atoms with Gasteiger partial charge in [0.15, 0.2) is 0 Å². The van der Waals surface area contributed by atoms with Crippen molar-refractivity contribution in [2.75, 3.05) is 0 Å². The van der Waals surface area contributed by atoms with Crippen LogP contribution in [0.1, 0.15) is 48.9 Å². The fraction of sp³-hybridized carbons (Fsp3) is 0.438. The first-order valence-corrected chi connectivity index (χ1v) is 6.92. The van der Waals surface area contributed by atoms with E-state index < -0.39 is 0 Å². The lowest BCUT2D eigenvalue weighted by atomic mass is 10.1. The van der Waals surface area contributed by atoms with Gasteiger partial charge in [-0.05, 0) is 49.9 Å². The lowest BCUT2D eigenvalue weighted by molar-refractivity contribution is 0.173. The number of hydrogen-bond acceptors (Lipinski definition) is 2. The summed E-state index contributed by atoms with van der Waals surface area (Å²) in [4.78, 5) is 0. The van der Waals surface area contributed by atoms with Gasteiger partial charge in [-0.25, -0.2) is 4.68 Å². The second-order valence-corrected chi connectivity index (χ2v) is 4.93. The Morgan fingerprint density at radius 1 is 1.16 bits per heavy atom. The average Bonchev–Trinajstić information content (AvgIpc) is 2.72. The van der Waals surface area contributed by atoms with Crippen LogP contribution in [0, 0.1) is 13.8 Å². The summed E-state index contributed by atoms with van der Waals surface area (Å²) < 4.78 is 1.98. The zero-order valence-corrected chi connectivity index (χ0v) is 12.1. The van der Waals surface area contributed by atoms with Crippen LogP contribution in [-0.2, 0) is 6.42 Å². The maximum absolute atomic E-state index is 9.81. The van der Waals surface area contributed by atoms with Gasteiger partial charge in [-0.1, -0.05) is 26.0 Å². The van der Waals surface area contributed by atoms with Gasteiger partial charge >= 0.3 is 0 Å². The van der Waals surface area contributed by atoms with Crippen LogP contribution in [0.3, 0.4) is 0 Å². The summed E-state index contributed by atoms with van der Waals surface area (Å²) in [5.74, 6) is 0. The van der Waals surface area contributed by atoms with E-state index in [0.717, 1.165) is 29.8 Å². The number of rotatable bonds is 4. The van der Waals surface area contributed by atoms with Crippen LogP contribution < -0.4 is 0 Å². The fourth-order valence-corrected chi connectivity index (χ4v) is 2.51. The summed E-state index contributed by atoms with van der Waals surface area (Å²) in [7, 11) is 0. The lowest BCUT2D eigenvalue weighted by Gasteiger charge is -2.10. The molecule has 0 unspecified atom stereocenters. The van der Waals surface area contributed by atoms with Gasteiger partial charge in [-0.15, -0.1) is 0 Å². The Labute approximate surface area is 114 Å². The molecule has 1 aromatic carbocycles. The van der Waals surface area contributed by atoms with Crippen molar-refractivity contribution in [3.63, 3.8) is 0 Å². The molecular weight excluding hydrogens is 236 g/mol. The standard InChI is InChI=1S/C16H22N2O/c1-5-15-11(3)17-18(12(15)4)14-9-7-13(8-10-14)16(19)6-2/h7-10,16,19H,5-6H2,1-4H3/t16-/m1/s1. The lowest BCUT2D eigenvalue weighted by Crippen LogP contribution is -2.01. The molecule has 0 fully saturated rings. The Kier molecular flexibility index (Phi) is 4.05. The van der Waals surface area contributed by atoms with Crippen molar-refractivity contribution in [1.29, 1.82) is 0 Å². The van der Waals surface area contributed by atoms with Crippen molar-refractivity contribution in [3.05, 3.63) is 46.8 Å². The van der Waals surface area contributed by atoms with Crippen LogP contribution in [0.25, 0.3) is 5.69 Å². The van der Waals surface area contributed by atoms with Gasteiger partial charge in [-0.3, -0.25) is 0 Å². The van der Waals surface area contributed by atoms with Gasteiger partial charge in [-0.2, -0.15) is 5.10 Å². The minimum Gasteiger partial charge on any atom is -0.388 e. The van der Waals surface area contributed by atoms with Gasteiger partial charge in [0, 0.05) is 5.69 Å². The highest BCUT2D eigenvalue weighted by Gasteiger charge is 2.11. The molecule has 0 amide bonds. The summed E-state index contributed by atoms with van der Waals surface area (Å²) in [6.45, 7) is 8.29. The molecule has 3 heteroatoms. The highest BCUT2D eigenvalue weighted by molar-refractivity contribution is 5.39. The quantitative estimate of drug-likeness (QED) is 0.911. The van der Waals surface area contributed by atoms with E-state index in [-0.39, 0.29) is 6.10 Å². The number of aliphatic hydroxyl groups is 1. The van der Waals surface area contributed by atoms with E-state index in [2.05, 4.69) is 25.9 Å². The number of aromatic nitrogens is 2. The number of hydrogen-bond donors (Lipinski definition) is 1. The van der Waals surface area contributed by atoms with Gasteiger partial charge in [0.05, 0.1) is 17.5 Å². The van der Waals surface area contributed by atoms with Gasteiger partial charge in [0.2, 0.25) is 0 Å². The minimum absolute atomic E-state index is 0.374. The van der Waals surface area contributed by atoms with E-state index in [1.165, 1.54) is 11.3 Å². The summed E-state index contributed by atoms with van der Waals surface area (Å²) in [5, 5.41) is 14.4. The van der Waals surface area contributed by atoms with E-state index in [1.54, 1.807) is 0 Å². The summed E-state index contributed by atoms with van der Waals surface area (Å²) in [6.07, 6.45) is 1.37. The maximum atomic E-state index is 9.81. The first kappa shape index (κ1) is 13.8. The second-order valence-electron chi connectivity index (χ2n) is 4.93. The Bertz CT molecular complexity index is 555. The molecule has 0 aliphatic heterocycles. The SMILES string of the molecule is CCc1c(C)nn(-c2ccc([C@H](O)CC)cc2)c1C. The van der Waals surface area contributed by atoms with Crippen LogP contribution in [0.4, 0.5) is 0 Å². The minimum atomic E-state index is -0.374. The third-order valence-corrected chi connectivity index (χ3v) is 3.70. The Balaban J connectivity index is 2.37. The number of aryl methyl sites for hydroxylation is 1. The molecule has 1 aromatic heterocycles. The maximum Gasteiger partial charge on any atom is 0.0787 e. The Morgan fingerprint density at radius 2 is 1.79 bits per heavy atom. The van der Waals surface area contributed by atoms with E-state index in [0.29, 0.717) is 0 Å². The fourth-order valence-electron chi connectivity index (χ4n) is 2.51. The topological polar surface area (TPSA) is 38.0 Å². The van der Waals surface area contributed by atoms with Crippen molar-refractivity contribution in [3.8, 4) is 5.69 Å². The van der Waals surface area contributed by atoms with Crippen molar-refractivity contribution >= 4 is 0 Å². The third-order valence-electron chi connectivity index (χ3n) is 3.70. The molecule has 0 aliphatic carbocycles. The van der Waals surface area contributed by atoms with Crippen LogP contribution in [0.2, 0.25) is 0 Å². The normalized spacial score (nSPS) is 12.7. The first-order chi connectivity index (χ1) is 9.08. The molecule has 3 nitrogen and oxygen atoms in total. The largest absolute Gasteiger partial charge is 0.388 e. The zero-order valence-electron chi connectivity index (χ0n) is 12.1. The highest BCUT2D eigenvalue weighted by Crippen LogP contribution is 2.21. The highest BCUT2D eigenvalue weighted by atomic mass is 16.3. The molecule has 0 saturated heterocycles. The van der Waals surface area contributed by atoms with E-state index in [1.807, 2.05) is 35.9 Å². The molecule has 0 aliphatic rings. The van der Waals surface area contributed by atoms with Crippen LogP contribution in [-0.4, -0.2) is 14.9 Å². The predicted molar refractivity (Wildman–Crippen MR) is 77.7 cm³/mol.